The van der Waals surface area contributed by atoms with Crippen LogP contribution in [0.4, 0.5) is 4.39 Å². The van der Waals surface area contributed by atoms with Gasteiger partial charge in [-0.2, -0.15) is 0 Å². The maximum absolute atomic E-state index is 13.6. The molecular formula is C15H21FN2O. The quantitative estimate of drug-likeness (QED) is 0.750. The fourth-order valence-electron chi connectivity index (χ4n) is 2.15. The van der Waals surface area contributed by atoms with Crippen LogP contribution < -0.4 is 5.32 Å². The summed E-state index contributed by atoms with van der Waals surface area (Å²) in [5.74, 6) is 0. The zero-order chi connectivity index (χ0) is 13.9. The van der Waals surface area contributed by atoms with Crippen LogP contribution in [0.25, 0.3) is 10.9 Å². The van der Waals surface area contributed by atoms with Gasteiger partial charge in [0.2, 0.25) is 0 Å². The second-order valence-corrected chi connectivity index (χ2v) is 5.42. The number of nitrogens with one attached hydrogen (secondary N) is 2. The van der Waals surface area contributed by atoms with E-state index < -0.39 is 12.3 Å². The number of hydrogen-bond acceptors (Lipinski definition) is 2. The lowest BCUT2D eigenvalue weighted by Crippen LogP contribution is -2.41. The van der Waals surface area contributed by atoms with Gasteiger partial charge in [-0.25, -0.2) is 4.39 Å². The van der Waals surface area contributed by atoms with Crippen LogP contribution in [0.15, 0.2) is 30.5 Å². The van der Waals surface area contributed by atoms with Crippen molar-refractivity contribution in [1.82, 2.24) is 10.3 Å². The van der Waals surface area contributed by atoms with Gasteiger partial charge in [-0.05, 0) is 31.9 Å². The van der Waals surface area contributed by atoms with Crippen LogP contribution in [0.5, 0.6) is 0 Å². The molecule has 104 valence electrons. The molecule has 1 heterocycles. The Balaban J connectivity index is 1.97. The van der Waals surface area contributed by atoms with E-state index in [1.807, 2.05) is 31.3 Å². The van der Waals surface area contributed by atoms with E-state index in [9.17, 15) is 4.39 Å². The number of fused-ring (bicyclic) bond motifs is 1. The summed E-state index contributed by atoms with van der Waals surface area (Å²) in [5, 5.41) is 13.2. The molecule has 3 N–H and O–H groups in total. The highest BCUT2D eigenvalue weighted by atomic mass is 19.1. The molecule has 0 saturated heterocycles. The number of aromatic amines is 1. The highest BCUT2D eigenvalue weighted by Crippen LogP contribution is 2.19. The van der Waals surface area contributed by atoms with Crippen molar-refractivity contribution in [3.05, 3.63) is 36.0 Å². The molecule has 2 atom stereocenters. The van der Waals surface area contributed by atoms with Crippen LogP contribution >= 0.6 is 0 Å². The molecule has 19 heavy (non-hydrogen) atoms. The molecule has 1 aromatic carbocycles. The van der Waals surface area contributed by atoms with Gasteiger partial charge in [-0.15, -0.1) is 0 Å². The van der Waals surface area contributed by atoms with Gasteiger partial charge in [0, 0.05) is 29.7 Å². The molecule has 0 amide bonds. The first kappa shape index (κ1) is 14.0. The molecule has 2 rings (SSSR count). The first-order chi connectivity index (χ1) is 9.02. The van der Waals surface area contributed by atoms with Crippen LogP contribution in [-0.4, -0.2) is 35.0 Å². The molecule has 4 heteroatoms. The second-order valence-electron chi connectivity index (χ2n) is 5.42. The minimum absolute atomic E-state index is 0.154. The normalized spacial score (nSPS) is 16.4. The Bertz CT molecular complexity index is 536. The van der Waals surface area contributed by atoms with E-state index in [2.05, 4.69) is 16.4 Å². The minimum atomic E-state index is -1.56. The van der Waals surface area contributed by atoms with Gasteiger partial charge in [-0.3, -0.25) is 0 Å². The van der Waals surface area contributed by atoms with E-state index in [-0.39, 0.29) is 12.6 Å². The third-order valence-corrected chi connectivity index (χ3v) is 3.35. The first-order valence-electron chi connectivity index (χ1n) is 6.60. The maximum Gasteiger partial charge on any atom is 0.143 e. The lowest BCUT2D eigenvalue weighted by Gasteiger charge is -2.21. The van der Waals surface area contributed by atoms with E-state index >= 15 is 0 Å². The van der Waals surface area contributed by atoms with E-state index in [0.29, 0.717) is 0 Å². The summed E-state index contributed by atoms with van der Waals surface area (Å²) in [6.07, 6.45) is 2.83. The van der Waals surface area contributed by atoms with Crippen molar-refractivity contribution in [2.24, 2.45) is 0 Å². The van der Waals surface area contributed by atoms with Gasteiger partial charge in [-0.1, -0.05) is 18.2 Å². The Morgan fingerprint density at radius 3 is 2.89 bits per heavy atom. The average Bonchev–Trinajstić information content (AvgIpc) is 2.80. The lowest BCUT2D eigenvalue weighted by molar-refractivity contribution is 0.0849. The van der Waals surface area contributed by atoms with Crippen molar-refractivity contribution in [3.8, 4) is 0 Å². The maximum atomic E-state index is 13.6. The molecule has 1 aromatic heterocycles. The van der Waals surface area contributed by atoms with Crippen molar-refractivity contribution in [2.75, 3.05) is 13.2 Å². The second kappa shape index (κ2) is 5.72. The largest absolute Gasteiger partial charge is 0.393 e. The van der Waals surface area contributed by atoms with E-state index in [1.54, 1.807) is 0 Å². The minimum Gasteiger partial charge on any atom is -0.393 e. The van der Waals surface area contributed by atoms with Gasteiger partial charge in [0.25, 0.3) is 0 Å². The summed E-state index contributed by atoms with van der Waals surface area (Å²) in [6.45, 7) is 3.13. The van der Waals surface area contributed by atoms with Crippen molar-refractivity contribution in [2.45, 2.75) is 32.0 Å². The average molecular weight is 264 g/mol. The summed E-state index contributed by atoms with van der Waals surface area (Å²) in [6, 6.07) is 8.30. The smallest absolute Gasteiger partial charge is 0.143 e. The Hall–Kier alpha value is -1.39. The number of aliphatic hydroxyl groups excluding tert-OH is 1. The number of aliphatic hydroxyl groups is 1. The SMILES string of the molecule is C[C@H](Cc1c[nH]c2ccccc12)NC[C@@](C)(F)CO. The lowest BCUT2D eigenvalue weighted by atomic mass is 10.0. The molecule has 0 bridgehead atoms. The van der Waals surface area contributed by atoms with Gasteiger partial charge in [0.15, 0.2) is 0 Å². The topological polar surface area (TPSA) is 48.0 Å². The zero-order valence-electron chi connectivity index (χ0n) is 11.4. The summed E-state index contributed by atoms with van der Waals surface area (Å²) in [5.41, 5.74) is 0.782. The standard InChI is InChI=1S/C15H21FN2O/c1-11(18-9-15(2,16)10-19)7-12-8-17-14-6-4-3-5-13(12)14/h3-6,8,11,17-19H,7,9-10H2,1-2H3/t11-,15-/m1/s1. The van der Waals surface area contributed by atoms with Crippen molar-refractivity contribution >= 4 is 10.9 Å². The summed E-state index contributed by atoms with van der Waals surface area (Å²) in [4.78, 5) is 3.24. The monoisotopic (exact) mass is 264 g/mol. The summed E-state index contributed by atoms with van der Waals surface area (Å²) >= 11 is 0. The fourth-order valence-corrected chi connectivity index (χ4v) is 2.15. The predicted molar refractivity (Wildman–Crippen MR) is 76.1 cm³/mol. The molecule has 0 aliphatic heterocycles. The molecule has 0 aliphatic carbocycles. The van der Waals surface area contributed by atoms with Gasteiger partial charge in [0.1, 0.15) is 5.67 Å². The molecule has 0 spiro atoms. The highest BCUT2D eigenvalue weighted by Gasteiger charge is 2.22. The molecular weight excluding hydrogens is 243 g/mol. The Kier molecular flexibility index (Phi) is 4.22. The number of para-hydroxylation sites is 1. The molecule has 3 nitrogen and oxygen atoms in total. The molecule has 0 saturated carbocycles. The zero-order valence-corrected chi connectivity index (χ0v) is 11.4. The summed E-state index contributed by atoms with van der Waals surface area (Å²) < 4.78 is 13.6. The van der Waals surface area contributed by atoms with E-state index in [4.69, 9.17) is 5.11 Å². The number of aromatic nitrogens is 1. The number of rotatable bonds is 6. The van der Waals surface area contributed by atoms with Crippen LogP contribution in [0, 0.1) is 0 Å². The van der Waals surface area contributed by atoms with Gasteiger partial charge >= 0.3 is 0 Å². The third-order valence-electron chi connectivity index (χ3n) is 3.35. The van der Waals surface area contributed by atoms with Crippen molar-refractivity contribution in [3.63, 3.8) is 0 Å². The number of H-pyrrole nitrogens is 1. The number of benzene rings is 1. The Morgan fingerprint density at radius 2 is 2.16 bits per heavy atom. The van der Waals surface area contributed by atoms with Crippen molar-refractivity contribution < 1.29 is 9.50 Å². The molecule has 0 unspecified atom stereocenters. The fraction of sp³-hybridized carbons (Fsp3) is 0.467. The third kappa shape index (κ3) is 3.55. The Morgan fingerprint density at radius 1 is 1.42 bits per heavy atom. The van der Waals surface area contributed by atoms with Crippen LogP contribution in [0.3, 0.4) is 0 Å². The molecule has 0 fully saturated rings. The predicted octanol–water partition coefficient (Wildman–Crippen LogP) is 2.41. The number of alkyl halides is 1. The van der Waals surface area contributed by atoms with Crippen LogP contribution in [0.1, 0.15) is 19.4 Å². The highest BCUT2D eigenvalue weighted by molar-refractivity contribution is 5.83. The van der Waals surface area contributed by atoms with E-state index in [0.717, 1.165) is 11.9 Å². The van der Waals surface area contributed by atoms with Crippen LogP contribution in [-0.2, 0) is 6.42 Å². The Labute approximate surface area is 112 Å². The molecule has 2 aromatic rings. The molecule has 0 radical (unpaired) electrons. The number of hydrogen-bond donors (Lipinski definition) is 3. The molecule has 0 aliphatic rings. The van der Waals surface area contributed by atoms with Crippen molar-refractivity contribution in [1.29, 1.82) is 0 Å². The van der Waals surface area contributed by atoms with E-state index in [1.165, 1.54) is 17.9 Å². The first-order valence-corrected chi connectivity index (χ1v) is 6.60. The number of halogens is 1. The summed E-state index contributed by atoms with van der Waals surface area (Å²) in [7, 11) is 0. The van der Waals surface area contributed by atoms with Gasteiger partial charge in [0.05, 0.1) is 6.61 Å². The van der Waals surface area contributed by atoms with Gasteiger partial charge < -0.3 is 15.4 Å². The van der Waals surface area contributed by atoms with Crippen LogP contribution in [0.2, 0.25) is 0 Å².